The van der Waals surface area contributed by atoms with Crippen LogP contribution in [0.3, 0.4) is 0 Å². The average molecular weight is 319 g/mol. The van der Waals surface area contributed by atoms with Crippen LogP contribution in [0.5, 0.6) is 5.75 Å². The predicted molar refractivity (Wildman–Crippen MR) is 90.0 cm³/mol. The molecule has 0 fully saturated rings. The number of aromatic nitrogens is 1. The van der Waals surface area contributed by atoms with E-state index in [0.717, 1.165) is 28.7 Å². The Bertz CT molecular complexity index is 635. The number of rotatable bonds is 6. The van der Waals surface area contributed by atoms with Crippen LogP contribution in [0.25, 0.3) is 0 Å². The Kier molecular flexibility index (Phi) is 5.51. The van der Waals surface area contributed by atoms with E-state index in [4.69, 9.17) is 4.74 Å². The van der Waals surface area contributed by atoms with Gasteiger partial charge in [0.1, 0.15) is 17.2 Å². The normalized spacial score (nSPS) is 10.8. The molecule has 0 atom stereocenters. The standard InChI is InChI=1S/C16H21N3O2S/c1-11-15(22-12(2)17-11)16(20)18-13-5-7-14(8-6-13)21-10-9-19(3)4/h5-8H,9-10H2,1-4H3,(H,18,20). The third-order valence-corrected chi connectivity index (χ3v) is 4.10. The lowest BCUT2D eigenvalue weighted by molar-refractivity contribution is 0.103. The summed E-state index contributed by atoms with van der Waals surface area (Å²) < 4.78 is 5.62. The van der Waals surface area contributed by atoms with Gasteiger partial charge in [0, 0.05) is 12.2 Å². The lowest BCUT2D eigenvalue weighted by atomic mass is 10.3. The molecular weight excluding hydrogens is 298 g/mol. The van der Waals surface area contributed by atoms with Crippen molar-refractivity contribution in [3.63, 3.8) is 0 Å². The van der Waals surface area contributed by atoms with Crippen molar-refractivity contribution in [1.82, 2.24) is 9.88 Å². The zero-order valence-corrected chi connectivity index (χ0v) is 14.2. The molecule has 1 aromatic carbocycles. The number of nitrogens with one attached hydrogen (secondary N) is 1. The van der Waals surface area contributed by atoms with Crippen LogP contribution in [0.2, 0.25) is 0 Å². The van der Waals surface area contributed by atoms with Crippen LogP contribution in [0.4, 0.5) is 5.69 Å². The van der Waals surface area contributed by atoms with Gasteiger partial charge in [0.15, 0.2) is 0 Å². The molecule has 2 rings (SSSR count). The molecule has 0 aliphatic rings. The number of carbonyl (C=O) groups excluding carboxylic acids is 1. The number of hydrogen-bond acceptors (Lipinski definition) is 5. The second kappa shape index (κ2) is 7.38. The Morgan fingerprint density at radius 3 is 2.50 bits per heavy atom. The van der Waals surface area contributed by atoms with Crippen LogP contribution >= 0.6 is 11.3 Å². The van der Waals surface area contributed by atoms with Gasteiger partial charge in [-0.25, -0.2) is 4.98 Å². The second-order valence-electron chi connectivity index (χ2n) is 5.28. The molecule has 1 heterocycles. The lowest BCUT2D eigenvalue weighted by Crippen LogP contribution is -2.19. The number of likely N-dealkylation sites (N-methyl/N-ethyl adjacent to an activating group) is 1. The van der Waals surface area contributed by atoms with Gasteiger partial charge in [0.2, 0.25) is 0 Å². The van der Waals surface area contributed by atoms with E-state index in [1.165, 1.54) is 11.3 Å². The van der Waals surface area contributed by atoms with Crippen LogP contribution in [0.15, 0.2) is 24.3 Å². The molecule has 0 saturated carbocycles. The first-order valence-corrected chi connectivity index (χ1v) is 7.90. The number of nitrogens with zero attached hydrogens (tertiary/aromatic N) is 2. The highest BCUT2D eigenvalue weighted by Crippen LogP contribution is 2.20. The minimum atomic E-state index is -0.121. The molecule has 0 saturated heterocycles. The SMILES string of the molecule is Cc1nc(C)c(C(=O)Nc2ccc(OCCN(C)C)cc2)s1. The molecule has 0 unspecified atom stereocenters. The van der Waals surface area contributed by atoms with Gasteiger partial charge in [-0.1, -0.05) is 0 Å². The van der Waals surface area contributed by atoms with Crippen molar-refractivity contribution >= 4 is 22.9 Å². The van der Waals surface area contributed by atoms with Crippen molar-refractivity contribution in [2.45, 2.75) is 13.8 Å². The van der Waals surface area contributed by atoms with Crippen molar-refractivity contribution in [2.75, 3.05) is 32.6 Å². The summed E-state index contributed by atoms with van der Waals surface area (Å²) in [4.78, 5) is 19.2. The third-order valence-electron chi connectivity index (χ3n) is 3.03. The minimum absolute atomic E-state index is 0.121. The molecule has 1 aromatic heterocycles. The van der Waals surface area contributed by atoms with E-state index in [1.807, 2.05) is 52.2 Å². The molecule has 22 heavy (non-hydrogen) atoms. The van der Waals surface area contributed by atoms with E-state index in [1.54, 1.807) is 0 Å². The molecule has 1 N–H and O–H groups in total. The summed E-state index contributed by atoms with van der Waals surface area (Å²) in [6.45, 7) is 5.24. The van der Waals surface area contributed by atoms with Gasteiger partial charge in [0.05, 0.1) is 10.7 Å². The van der Waals surface area contributed by atoms with Gasteiger partial charge in [0.25, 0.3) is 5.91 Å². The second-order valence-corrected chi connectivity index (χ2v) is 6.48. The van der Waals surface area contributed by atoms with Gasteiger partial charge in [-0.05, 0) is 52.2 Å². The summed E-state index contributed by atoms with van der Waals surface area (Å²) in [5, 5.41) is 3.78. The molecule has 1 amide bonds. The molecule has 0 aliphatic carbocycles. The first-order valence-electron chi connectivity index (χ1n) is 7.08. The number of hydrogen-bond donors (Lipinski definition) is 1. The summed E-state index contributed by atoms with van der Waals surface area (Å²) in [5.41, 5.74) is 1.51. The molecule has 118 valence electrons. The molecule has 0 bridgehead atoms. The number of ether oxygens (including phenoxy) is 1. The fourth-order valence-electron chi connectivity index (χ4n) is 1.91. The van der Waals surface area contributed by atoms with Crippen molar-refractivity contribution in [3.05, 3.63) is 39.8 Å². The monoisotopic (exact) mass is 319 g/mol. The Morgan fingerprint density at radius 1 is 1.27 bits per heavy atom. The van der Waals surface area contributed by atoms with E-state index in [0.29, 0.717) is 11.5 Å². The summed E-state index contributed by atoms with van der Waals surface area (Å²) in [6.07, 6.45) is 0. The van der Waals surface area contributed by atoms with E-state index >= 15 is 0 Å². The maximum absolute atomic E-state index is 12.2. The predicted octanol–water partition coefficient (Wildman–Crippen LogP) is 2.95. The van der Waals surface area contributed by atoms with Crippen LogP contribution < -0.4 is 10.1 Å². The number of anilines is 1. The summed E-state index contributed by atoms with van der Waals surface area (Å²) in [5.74, 6) is 0.675. The minimum Gasteiger partial charge on any atom is -0.492 e. The summed E-state index contributed by atoms with van der Waals surface area (Å²) in [6, 6.07) is 7.39. The highest BCUT2D eigenvalue weighted by atomic mass is 32.1. The highest BCUT2D eigenvalue weighted by molar-refractivity contribution is 7.13. The fraction of sp³-hybridized carbons (Fsp3) is 0.375. The van der Waals surface area contributed by atoms with Gasteiger partial charge in [-0.3, -0.25) is 4.79 Å². The molecule has 0 spiro atoms. The quantitative estimate of drug-likeness (QED) is 0.889. The Labute approximate surface area is 134 Å². The maximum atomic E-state index is 12.2. The lowest BCUT2D eigenvalue weighted by Gasteiger charge is -2.11. The maximum Gasteiger partial charge on any atom is 0.267 e. The van der Waals surface area contributed by atoms with E-state index in [2.05, 4.69) is 15.2 Å². The zero-order chi connectivity index (χ0) is 16.1. The smallest absolute Gasteiger partial charge is 0.267 e. The first kappa shape index (κ1) is 16.5. The highest BCUT2D eigenvalue weighted by Gasteiger charge is 2.13. The third kappa shape index (κ3) is 4.54. The van der Waals surface area contributed by atoms with Crippen molar-refractivity contribution in [1.29, 1.82) is 0 Å². The molecule has 0 radical (unpaired) electrons. The van der Waals surface area contributed by atoms with Gasteiger partial charge in [-0.15, -0.1) is 11.3 Å². The molecule has 0 aliphatic heterocycles. The Balaban J connectivity index is 1.93. The topological polar surface area (TPSA) is 54.5 Å². The number of aryl methyl sites for hydroxylation is 2. The van der Waals surface area contributed by atoms with Crippen molar-refractivity contribution < 1.29 is 9.53 Å². The van der Waals surface area contributed by atoms with Crippen LogP contribution in [0.1, 0.15) is 20.4 Å². The van der Waals surface area contributed by atoms with E-state index in [-0.39, 0.29) is 5.91 Å². The number of carbonyl (C=O) groups is 1. The first-order chi connectivity index (χ1) is 10.5. The van der Waals surface area contributed by atoms with E-state index in [9.17, 15) is 4.79 Å². The fourth-order valence-corrected chi connectivity index (χ4v) is 2.73. The number of amides is 1. The van der Waals surface area contributed by atoms with Crippen LogP contribution in [-0.4, -0.2) is 43.0 Å². The largest absolute Gasteiger partial charge is 0.492 e. The van der Waals surface area contributed by atoms with Crippen LogP contribution in [-0.2, 0) is 0 Å². The van der Waals surface area contributed by atoms with Crippen molar-refractivity contribution in [3.8, 4) is 5.75 Å². The molecule has 2 aromatic rings. The van der Waals surface area contributed by atoms with Gasteiger partial charge >= 0.3 is 0 Å². The van der Waals surface area contributed by atoms with Crippen LogP contribution in [0, 0.1) is 13.8 Å². The van der Waals surface area contributed by atoms with Crippen molar-refractivity contribution in [2.24, 2.45) is 0 Å². The average Bonchev–Trinajstić information content (AvgIpc) is 2.79. The number of thiazole rings is 1. The Morgan fingerprint density at radius 2 is 1.95 bits per heavy atom. The molecular formula is C16H21N3O2S. The summed E-state index contributed by atoms with van der Waals surface area (Å²) in [7, 11) is 4.01. The van der Waals surface area contributed by atoms with Gasteiger partial charge in [-0.2, -0.15) is 0 Å². The van der Waals surface area contributed by atoms with Gasteiger partial charge < -0.3 is 15.0 Å². The zero-order valence-electron chi connectivity index (χ0n) is 13.3. The molecule has 5 nitrogen and oxygen atoms in total. The molecule has 6 heteroatoms. The Hall–Kier alpha value is -1.92. The van der Waals surface area contributed by atoms with E-state index < -0.39 is 0 Å². The summed E-state index contributed by atoms with van der Waals surface area (Å²) >= 11 is 1.41. The number of benzene rings is 1.